The van der Waals surface area contributed by atoms with E-state index in [9.17, 15) is 0 Å². The number of ether oxygens (including phenoxy) is 1. The summed E-state index contributed by atoms with van der Waals surface area (Å²) in [6.07, 6.45) is 1.52. The highest BCUT2D eigenvalue weighted by Crippen LogP contribution is 2.10. The summed E-state index contributed by atoms with van der Waals surface area (Å²) >= 11 is 0. The third-order valence-corrected chi connectivity index (χ3v) is 0.658. The quantitative estimate of drug-likeness (QED) is 0.551. The van der Waals surface area contributed by atoms with Gasteiger partial charge in [0.15, 0.2) is 0 Å². The monoisotopic (exact) mass is 130 g/mol. The van der Waals surface area contributed by atoms with Gasteiger partial charge in [0, 0.05) is 0 Å². The van der Waals surface area contributed by atoms with E-state index in [0.29, 0.717) is 0 Å². The zero-order valence-corrected chi connectivity index (χ0v) is 6.43. The molecule has 0 aromatic heterocycles. The van der Waals surface area contributed by atoms with Gasteiger partial charge in [0.1, 0.15) is 5.60 Å². The fourth-order valence-electron chi connectivity index (χ4n) is 0.373. The smallest absolute Gasteiger partial charge is 0.272 e. The van der Waals surface area contributed by atoms with Crippen LogP contribution in [-0.2, 0) is 4.74 Å². The number of rotatable bonds is 1. The summed E-state index contributed by atoms with van der Waals surface area (Å²) in [7, 11) is 0. The number of hydrogen-bond donors (Lipinski definition) is 1. The van der Waals surface area contributed by atoms with Crippen LogP contribution in [-0.4, -0.2) is 10.7 Å². The molecular formula is C7H14O2. The lowest BCUT2D eigenvalue weighted by atomic mass is 10.2. The topological polar surface area (TPSA) is 29.5 Å². The SMILES string of the molecule is CC=C(O)OC(C)(C)C. The molecule has 0 fully saturated rings. The first-order valence-electron chi connectivity index (χ1n) is 3.00. The van der Waals surface area contributed by atoms with Crippen molar-refractivity contribution >= 4 is 0 Å². The number of hydrogen-bond acceptors (Lipinski definition) is 2. The van der Waals surface area contributed by atoms with Crippen molar-refractivity contribution in [1.29, 1.82) is 0 Å². The minimum Gasteiger partial charge on any atom is -0.481 e. The predicted octanol–water partition coefficient (Wildman–Crippen LogP) is 2.22. The normalized spacial score (nSPS) is 13.6. The van der Waals surface area contributed by atoms with E-state index >= 15 is 0 Å². The highest BCUT2D eigenvalue weighted by molar-refractivity contribution is 4.79. The van der Waals surface area contributed by atoms with Gasteiger partial charge in [0.05, 0.1) is 0 Å². The highest BCUT2D eigenvalue weighted by Gasteiger charge is 2.11. The molecule has 0 aliphatic rings. The fraction of sp³-hybridized carbons (Fsp3) is 0.714. The van der Waals surface area contributed by atoms with Crippen molar-refractivity contribution in [3.05, 3.63) is 12.0 Å². The van der Waals surface area contributed by atoms with Crippen LogP contribution in [0.5, 0.6) is 0 Å². The minimum atomic E-state index is -0.295. The Morgan fingerprint density at radius 3 is 2.00 bits per heavy atom. The first-order chi connectivity index (χ1) is 3.95. The van der Waals surface area contributed by atoms with Gasteiger partial charge in [-0.3, -0.25) is 0 Å². The van der Waals surface area contributed by atoms with Gasteiger partial charge in [0.25, 0.3) is 5.95 Å². The summed E-state index contributed by atoms with van der Waals surface area (Å²) in [5.74, 6) is -0.0116. The molecule has 0 aromatic rings. The molecule has 2 nitrogen and oxygen atoms in total. The van der Waals surface area contributed by atoms with Crippen molar-refractivity contribution in [2.45, 2.75) is 33.3 Å². The fourth-order valence-corrected chi connectivity index (χ4v) is 0.373. The second kappa shape index (κ2) is 2.76. The molecule has 0 rings (SSSR count). The summed E-state index contributed by atoms with van der Waals surface area (Å²) in [5.41, 5.74) is -0.295. The molecule has 0 aliphatic heterocycles. The predicted molar refractivity (Wildman–Crippen MR) is 37.2 cm³/mol. The van der Waals surface area contributed by atoms with Gasteiger partial charge in [-0.15, -0.1) is 0 Å². The average Bonchev–Trinajstić information content (AvgIpc) is 1.62. The van der Waals surface area contributed by atoms with Crippen molar-refractivity contribution in [2.75, 3.05) is 0 Å². The maximum atomic E-state index is 8.83. The lowest BCUT2D eigenvalue weighted by molar-refractivity contribution is -0.0148. The molecule has 1 N–H and O–H groups in total. The third-order valence-electron chi connectivity index (χ3n) is 0.658. The Morgan fingerprint density at radius 2 is 1.89 bits per heavy atom. The standard InChI is InChI=1S/C7H14O2/c1-5-6(8)9-7(2,3)4/h5,8H,1-4H3. The number of aliphatic hydroxyl groups excluding tert-OH is 1. The summed E-state index contributed by atoms with van der Waals surface area (Å²) in [6, 6.07) is 0. The lowest BCUT2D eigenvalue weighted by Crippen LogP contribution is -2.18. The van der Waals surface area contributed by atoms with Gasteiger partial charge >= 0.3 is 0 Å². The molecule has 0 heterocycles. The number of aliphatic hydroxyl groups is 1. The summed E-state index contributed by atoms with van der Waals surface area (Å²) in [4.78, 5) is 0. The van der Waals surface area contributed by atoms with Crippen LogP contribution in [0.4, 0.5) is 0 Å². The van der Waals surface area contributed by atoms with Crippen molar-refractivity contribution in [3.8, 4) is 0 Å². The maximum absolute atomic E-state index is 8.83. The second-order valence-corrected chi connectivity index (χ2v) is 2.84. The van der Waals surface area contributed by atoms with E-state index in [1.54, 1.807) is 6.92 Å². The van der Waals surface area contributed by atoms with Gasteiger partial charge < -0.3 is 9.84 Å². The van der Waals surface area contributed by atoms with Crippen LogP contribution in [0, 0.1) is 0 Å². The molecule has 0 radical (unpaired) electrons. The van der Waals surface area contributed by atoms with Crippen molar-refractivity contribution in [3.63, 3.8) is 0 Å². The Balaban J connectivity index is 3.75. The van der Waals surface area contributed by atoms with E-state index in [-0.39, 0.29) is 11.5 Å². The first-order valence-corrected chi connectivity index (χ1v) is 3.00. The second-order valence-electron chi connectivity index (χ2n) is 2.84. The van der Waals surface area contributed by atoms with Crippen LogP contribution >= 0.6 is 0 Å². The molecule has 0 bridgehead atoms. The summed E-state index contributed by atoms with van der Waals surface area (Å²) in [5, 5.41) is 8.83. The molecule has 0 saturated carbocycles. The van der Waals surface area contributed by atoms with E-state index in [1.165, 1.54) is 6.08 Å². The molecule has 54 valence electrons. The maximum Gasteiger partial charge on any atom is 0.272 e. The van der Waals surface area contributed by atoms with Crippen LogP contribution < -0.4 is 0 Å². The van der Waals surface area contributed by atoms with E-state index in [1.807, 2.05) is 20.8 Å². The molecule has 0 saturated heterocycles. The van der Waals surface area contributed by atoms with E-state index in [0.717, 1.165) is 0 Å². The van der Waals surface area contributed by atoms with Crippen LogP contribution in [0.2, 0.25) is 0 Å². The molecule has 0 unspecified atom stereocenters. The lowest BCUT2D eigenvalue weighted by Gasteiger charge is -2.19. The Kier molecular flexibility index (Phi) is 2.56. The van der Waals surface area contributed by atoms with Crippen LogP contribution in [0.25, 0.3) is 0 Å². The minimum absolute atomic E-state index is 0.0116. The Labute approximate surface area is 56.1 Å². The molecule has 9 heavy (non-hydrogen) atoms. The van der Waals surface area contributed by atoms with Gasteiger partial charge in [0.2, 0.25) is 0 Å². The zero-order valence-electron chi connectivity index (χ0n) is 6.43. The Bertz CT molecular complexity index is 109. The molecular weight excluding hydrogens is 116 g/mol. The van der Waals surface area contributed by atoms with Crippen LogP contribution in [0.15, 0.2) is 12.0 Å². The first kappa shape index (κ1) is 8.34. The third kappa shape index (κ3) is 5.21. The van der Waals surface area contributed by atoms with Crippen molar-refractivity contribution in [2.24, 2.45) is 0 Å². The van der Waals surface area contributed by atoms with Gasteiger partial charge in [-0.05, 0) is 33.8 Å². The Hall–Kier alpha value is -0.660. The Morgan fingerprint density at radius 1 is 1.44 bits per heavy atom. The van der Waals surface area contributed by atoms with Crippen LogP contribution in [0.3, 0.4) is 0 Å². The van der Waals surface area contributed by atoms with Crippen molar-refractivity contribution in [1.82, 2.24) is 0 Å². The van der Waals surface area contributed by atoms with Crippen LogP contribution in [0.1, 0.15) is 27.7 Å². The van der Waals surface area contributed by atoms with Gasteiger partial charge in [-0.25, -0.2) is 0 Å². The zero-order chi connectivity index (χ0) is 7.49. The highest BCUT2D eigenvalue weighted by atomic mass is 16.6. The van der Waals surface area contributed by atoms with E-state index < -0.39 is 0 Å². The molecule has 0 aromatic carbocycles. The van der Waals surface area contributed by atoms with Gasteiger partial charge in [-0.2, -0.15) is 0 Å². The largest absolute Gasteiger partial charge is 0.481 e. The summed E-state index contributed by atoms with van der Waals surface area (Å²) < 4.78 is 5.00. The van der Waals surface area contributed by atoms with E-state index in [4.69, 9.17) is 9.84 Å². The van der Waals surface area contributed by atoms with Crippen molar-refractivity contribution < 1.29 is 9.84 Å². The van der Waals surface area contributed by atoms with Gasteiger partial charge in [-0.1, -0.05) is 0 Å². The van der Waals surface area contributed by atoms with E-state index in [2.05, 4.69) is 0 Å². The number of allylic oxidation sites excluding steroid dienone is 1. The molecule has 2 heteroatoms. The average molecular weight is 130 g/mol. The molecule has 0 aliphatic carbocycles. The molecule has 0 spiro atoms. The summed E-state index contributed by atoms with van der Waals surface area (Å²) in [6.45, 7) is 7.37. The molecule has 0 atom stereocenters. The molecule has 0 amide bonds.